The Morgan fingerprint density at radius 1 is 1.00 bits per heavy atom. The summed E-state index contributed by atoms with van der Waals surface area (Å²) in [5, 5.41) is 9.85. The Kier molecular flexibility index (Phi) is 7.76. The molecule has 36 heavy (non-hydrogen) atoms. The molecule has 0 fully saturated rings. The van der Waals surface area contributed by atoms with Gasteiger partial charge in [-0.1, -0.05) is 50.2 Å². The minimum absolute atomic E-state index is 0.00244. The number of nitrogens with zero attached hydrogens (tertiary/aromatic N) is 1. The molecule has 0 aromatic heterocycles. The molecule has 1 aliphatic rings. The van der Waals surface area contributed by atoms with Crippen LogP contribution in [0.5, 0.6) is 23.0 Å². The summed E-state index contributed by atoms with van der Waals surface area (Å²) in [7, 11) is 0. The first-order valence-corrected chi connectivity index (χ1v) is 11.9. The highest BCUT2D eigenvalue weighted by Gasteiger charge is 2.33. The third-order valence-corrected chi connectivity index (χ3v) is 5.80. The van der Waals surface area contributed by atoms with Crippen LogP contribution in [-0.4, -0.2) is 19.2 Å². The van der Waals surface area contributed by atoms with E-state index in [2.05, 4.69) is 13.0 Å². The van der Waals surface area contributed by atoms with Crippen LogP contribution in [0.2, 0.25) is 0 Å². The fourth-order valence-electron chi connectivity index (χ4n) is 4.01. The number of carbonyl (C=O) groups is 1. The van der Waals surface area contributed by atoms with Crippen LogP contribution in [0.3, 0.4) is 0 Å². The van der Waals surface area contributed by atoms with Crippen LogP contribution in [0, 0.1) is 11.3 Å². The van der Waals surface area contributed by atoms with E-state index in [1.807, 2.05) is 55.5 Å². The molecular formula is C29H28N2O5. The molecule has 3 aromatic carbocycles. The maximum Gasteiger partial charge on any atom is 0.349 e. The minimum Gasteiger partial charge on any atom is -0.493 e. The summed E-state index contributed by atoms with van der Waals surface area (Å²) in [6.07, 6.45) is 1.78. The van der Waals surface area contributed by atoms with Crippen LogP contribution in [0.1, 0.15) is 42.9 Å². The van der Waals surface area contributed by atoms with Crippen LogP contribution >= 0.6 is 0 Å². The second-order valence-electron chi connectivity index (χ2n) is 8.27. The summed E-state index contributed by atoms with van der Waals surface area (Å²) in [6, 6.07) is 22.3. The molecule has 2 N–H and O–H groups in total. The molecule has 0 amide bonds. The molecule has 3 aromatic rings. The molecule has 7 nitrogen and oxygen atoms in total. The number of esters is 1. The molecule has 184 valence electrons. The lowest BCUT2D eigenvalue weighted by molar-refractivity contribution is -0.136. The van der Waals surface area contributed by atoms with Gasteiger partial charge in [0.25, 0.3) is 0 Å². The summed E-state index contributed by atoms with van der Waals surface area (Å²) in [4.78, 5) is 12.4. The van der Waals surface area contributed by atoms with Crippen molar-refractivity contribution in [2.75, 3.05) is 13.2 Å². The SMILES string of the molecule is CCCOc1ccccc1C1C(C#N)=C(N)Oc2cc(OC(=O)COc3ccc(CC)cc3)ccc21. The van der Waals surface area contributed by atoms with Crippen LogP contribution in [0.25, 0.3) is 0 Å². The van der Waals surface area contributed by atoms with E-state index in [0.29, 0.717) is 29.4 Å². The predicted octanol–water partition coefficient (Wildman–Crippen LogP) is 5.24. The van der Waals surface area contributed by atoms with Crippen molar-refractivity contribution in [2.24, 2.45) is 5.73 Å². The van der Waals surface area contributed by atoms with E-state index in [1.54, 1.807) is 18.2 Å². The topological polar surface area (TPSA) is 104 Å². The number of allylic oxidation sites excluding steroid dienone is 1. The maximum absolute atomic E-state index is 12.4. The summed E-state index contributed by atoms with van der Waals surface area (Å²) < 4.78 is 22.7. The molecule has 1 aliphatic heterocycles. The number of nitrogens with two attached hydrogens (primary N) is 1. The van der Waals surface area contributed by atoms with Crippen molar-refractivity contribution in [3.63, 3.8) is 0 Å². The van der Waals surface area contributed by atoms with Gasteiger partial charge in [-0.3, -0.25) is 0 Å². The average Bonchev–Trinajstić information content (AvgIpc) is 2.90. The Bertz CT molecular complexity index is 1310. The first-order chi connectivity index (χ1) is 17.5. The Balaban J connectivity index is 1.54. The summed E-state index contributed by atoms with van der Waals surface area (Å²) in [5.74, 6) is 0.924. The molecule has 0 aliphatic carbocycles. The molecule has 0 radical (unpaired) electrons. The van der Waals surface area contributed by atoms with E-state index in [1.165, 1.54) is 5.56 Å². The molecular weight excluding hydrogens is 456 g/mol. The van der Waals surface area contributed by atoms with Crippen molar-refractivity contribution in [2.45, 2.75) is 32.6 Å². The second-order valence-corrected chi connectivity index (χ2v) is 8.27. The standard InChI is InChI=1S/C29H28N2O5/c1-3-15-33-25-8-6-5-7-22(25)28-23-14-13-21(16-26(23)36-29(31)24(28)17-30)35-27(32)18-34-20-11-9-19(4-2)10-12-20/h5-14,16,28H,3-4,15,18,31H2,1-2H3. The Morgan fingerprint density at radius 2 is 1.75 bits per heavy atom. The second kappa shape index (κ2) is 11.3. The zero-order valence-corrected chi connectivity index (χ0v) is 20.3. The molecule has 1 atom stereocenters. The normalized spacial score (nSPS) is 14.3. The van der Waals surface area contributed by atoms with Gasteiger partial charge in [-0.25, -0.2) is 4.79 Å². The number of ether oxygens (including phenoxy) is 4. The number of para-hydroxylation sites is 1. The Labute approximate surface area is 210 Å². The number of carbonyl (C=O) groups excluding carboxylic acids is 1. The van der Waals surface area contributed by atoms with Gasteiger partial charge in [0.1, 0.15) is 34.6 Å². The van der Waals surface area contributed by atoms with Gasteiger partial charge >= 0.3 is 5.97 Å². The fraction of sp³-hybridized carbons (Fsp3) is 0.241. The maximum atomic E-state index is 12.4. The smallest absolute Gasteiger partial charge is 0.349 e. The summed E-state index contributed by atoms with van der Waals surface area (Å²) in [6.45, 7) is 4.41. The number of aryl methyl sites for hydroxylation is 1. The Morgan fingerprint density at radius 3 is 2.47 bits per heavy atom. The lowest BCUT2D eigenvalue weighted by atomic mass is 9.83. The van der Waals surface area contributed by atoms with Crippen molar-refractivity contribution in [3.8, 4) is 29.1 Å². The van der Waals surface area contributed by atoms with Gasteiger partial charge in [-0.2, -0.15) is 5.26 Å². The van der Waals surface area contributed by atoms with Gasteiger partial charge in [0.15, 0.2) is 6.61 Å². The van der Waals surface area contributed by atoms with Gasteiger partial charge in [-0.05, 0) is 42.7 Å². The number of hydrogen-bond acceptors (Lipinski definition) is 7. The predicted molar refractivity (Wildman–Crippen MR) is 135 cm³/mol. The molecule has 0 spiro atoms. The Hall–Kier alpha value is -4.44. The number of benzene rings is 3. The molecule has 4 rings (SSSR count). The fourth-order valence-corrected chi connectivity index (χ4v) is 4.01. The number of fused-ring (bicyclic) bond motifs is 1. The van der Waals surface area contributed by atoms with Gasteiger partial charge in [0.2, 0.25) is 5.88 Å². The highest BCUT2D eigenvalue weighted by molar-refractivity contribution is 5.74. The van der Waals surface area contributed by atoms with E-state index in [9.17, 15) is 10.1 Å². The highest BCUT2D eigenvalue weighted by atomic mass is 16.6. The summed E-state index contributed by atoms with van der Waals surface area (Å²) in [5.41, 5.74) is 9.14. The first-order valence-electron chi connectivity index (χ1n) is 11.9. The van der Waals surface area contributed by atoms with Crippen molar-refractivity contribution < 1.29 is 23.7 Å². The molecule has 7 heteroatoms. The first kappa shape index (κ1) is 24.7. The third kappa shape index (κ3) is 5.44. The van der Waals surface area contributed by atoms with Crippen molar-refractivity contribution >= 4 is 5.97 Å². The van der Waals surface area contributed by atoms with Crippen LogP contribution < -0.4 is 24.7 Å². The quantitative estimate of drug-likeness (QED) is 0.327. The van der Waals surface area contributed by atoms with Gasteiger partial charge in [-0.15, -0.1) is 0 Å². The van der Waals surface area contributed by atoms with E-state index in [4.69, 9.17) is 24.7 Å². The molecule has 1 heterocycles. The van der Waals surface area contributed by atoms with Crippen molar-refractivity contribution in [1.29, 1.82) is 5.26 Å². The lowest BCUT2D eigenvalue weighted by Crippen LogP contribution is -2.22. The van der Waals surface area contributed by atoms with E-state index in [-0.39, 0.29) is 18.2 Å². The van der Waals surface area contributed by atoms with E-state index in [0.717, 1.165) is 24.0 Å². The average molecular weight is 485 g/mol. The van der Waals surface area contributed by atoms with E-state index >= 15 is 0 Å². The van der Waals surface area contributed by atoms with Crippen LogP contribution in [0.15, 0.2) is 78.2 Å². The molecule has 1 unspecified atom stereocenters. The zero-order valence-electron chi connectivity index (χ0n) is 20.3. The van der Waals surface area contributed by atoms with Gasteiger partial charge in [0.05, 0.1) is 12.5 Å². The highest BCUT2D eigenvalue weighted by Crippen LogP contribution is 2.45. The van der Waals surface area contributed by atoms with Crippen molar-refractivity contribution in [3.05, 3.63) is 94.9 Å². The number of nitriles is 1. The largest absolute Gasteiger partial charge is 0.493 e. The molecule has 0 bridgehead atoms. The zero-order chi connectivity index (χ0) is 25.5. The number of rotatable bonds is 9. The number of hydrogen-bond donors (Lipinski definition) is 1. The van der Waals surface area contributed by atoms with Gasteiger partial charge < -0.3 is 24.7 Å². The summed E-state index contributed by atoms with van der Waals surface area (Å²) >= 11 is 0. The van der Waals surface area contributed by atoms with Crippen LogP contribution in [-0.2, 0) is 11.2 Å². The molecule has 0 saturated carbocycles. The van der Waals surface area contributed by atoms with E-state index < -0.39 is 11.9 Å². The van der Waals surface area contributed by atoms with Crippen molar-refractivity contribution in [1.82, 2.24) is 0 Å². The lowest BCUT2D eigenvalue weighted by Gasteiger charge is -2.28. The van der Waals surface area contributed by atoms with Crippen LogP contribution in [0.4, 0.5) is 0 Å². The third-order valence-electron chi connectivity index (χ3n) is 5.80. The monoisotopic (exact) mass is 484 g/mol. The minimum atomic E-state index is -0.554. The van der Waals surface area contributed by atoms with Gasteiger partial charge in [0, 0.05) is 17.2 Å². The molecule has 0 saturated heterocycles.